The Hall–Kier alpha value is -2.25. The molecule has 4 N–H and O–H groups in total. The fourth-order valence-corrected chi connectivity index (χ4v) is 1.77. The van der Waals surface area contributed by atoms with Crippen molar-refractivity contribution >= 4 is 11.5 Å². The number of fused-ring (bicyclic) bond motifs is 1. The Morgan fingerprint density at radius 1 is 1.30 bits per heavy atom. The Balaban J connectivity index is 1.78. The number of nitrogens with one attached hydrogen (secondary N) is 1. The van der Waals surface area contributed by atoms with Crippen LogP contribution in [-0.2, 0) is 0 Å². The number of rotatable bonds is 6. The summed E-state index contributed by atoms with van der Waals surface area (Å²) in [4.78, 5) is 0. The first-order valence-corrected chi connectivity index (χ1v) is 6.10. The summed E-state index contributed by atoms with van der Waals surface area (Å²) in [7, 11) is 0. The van der Waals surface area contributed by atoms with Gasteiger partial charge in [-0.2, -0.15) is 0 Å². The minimum absolute atomic E-state index is 0.0108. The zero-order chi connectivity index (χ0) is 14.6. The maximum absolute atomic E-state index is 12.8. The van der Waals surface area contributed by atoms with E-state index in [-0.39, 0.29) is 17.3 Å². The average Bonchev–Trinajstić information content (AvgIpc) is 2.71. The molecule has 1 aromatic carbocycles. The van der Waals surface area contributed by atoms with Crippen molar-refractivity contribution in [1.29, 1.82) is 0 Å². The number of halogens is 2. The zero-order valence-electron chi connectivity index (χ0n) is 10.6. The van der Waals surface area contributed by atoms with Crippen LogP contribution < -0.4 is 20.5 Å². The van der Waals surface area contributed by atoms with Crippen LogP contribution in [0.1, 0.15) is 19.3 Å². The molecule has 0 amide bonds. The van der Waals surface area contributed by atoms with Crippen LogP contribution in [0.15, 0.2) is 23.4 Å². The van der Waals surface area contributed by atoms with E-state index in [1.165, 1.54) is 12.1 Å². The average molecular weight is 287 g/mol. The molecule has 0 bridgehead atoms. The number of nitrogens with two attached hydrogens (primary N) is 1. The summed E-state index contributed by atoms with van der Waals surface area (Å²) in [6.07, 6.45) is -1.54. The van der Waals surface area contributed by atoms with Crippen molar-refractivity contribution in [3.63, 3.8) is 0 Å². The number of nitrogens with zero attached hydrogens (tertiary/aromatic N) is 1. The molecule has 0 radical (unpaired) electrons. The molecule has 0 unspecified atom stereocenters. The number of benzene rings is 1. The van der Waals surface area contributed by atoms with Crippen molar-refractivity contribution in [2.24, 2.45) is 10.9 Å². The summed E-state index contributed by atoms with van der Waals surface area (Å²) in [6, 6.07) is 4.52. The van der Waals surface area contributed by atoms with Gasteiger partial charge in [0.2, 0.25) is 0 Å². The summed E-state index contributed by atoms with van der Waals surface area (Å²) in [5, 5.41) is 14.3. The SMILES string of the molecule is NC(CCCCNc1ccc2c(c1)OC(F)(F)O2)=NO. The van der Waals surface area contributed by atoms with Crippen LogP contribution in [0, 0.1) is 0 Å². The smallest absolute Gasteiger partial charge is 0.409 e. The van der Waals surface area contributed by atoms with E-state index in [1.54, 1.807) is 6.07 Å². The third-order valence-electron chi connectivity index (χ3n) is 2.72. The van der Waals surface area contributed by atoms with E-state index >= 15 is 0 Å². The van der Waals surface area contributed by atoms with E-state index in [0.29, 0.717) is 18.7 Å². The van der Waals surface area contributed by atoms with Gasteiger partial charge in [0, 0.05) is 24.7 Å². The van der Waals surface area contributed by atoms with Gasteiger partial charge in [0.15, 0.2) is 11.5 Å². The summed E-state index contributed by atoms with van der Waals surface area (Å²) >= 11 is 0. The van der Waals surface area contributed by atoms with Gasteiger partial charge in [0.25, 0.3) is 0 Å². The highest BCUT2D eigenvalue weighted by atomic mass is 19.3. The fourth-order valence-electron chi connectivity index (χ4n) is 1.77. The molecule has 0 aromatic heterocycles. The van der Waals surface area contributed by atoms with Crippen molar-refractivity contribution in [3.8, 4) is 11.5 Å². The molecule has 20 heavy (non-hydrogen) atoms. The monoisotopic (exact) mass is 287 g/mol. The molecule has 0 saturated carbocycles. The molecule has 2 rings (SSSR count). The normalized spacial score (nSPS) is 16.2. The number of ether oxygens (including phenoxy) is 2. The van der Waals surface area contributed by atoms with Gasteiger partial charge in [0.1, 0.15) is 5.84 Å². The number of unbranched alkanes of at least 4 members (excludes halogenated alkanes) is 1. The van der Waals surface area contributed by atoms with Crippen molar-refractivity contribution in [1.82, 2.24) is 0 Å². The third kappa shape index (κ3) is 3.62. The number of oxime groups is 1. The lowest BCUT2D eigenvalue weighted by Crippen LogP contribution is -2.25. The lowest BCUT2D eigenvalue weighted by molar-refractivity contribution is -0.286. The van der Waals surface area contributed by atoms with E-state index in [0.717, 1.165) is 12.8 Å². The molecule has 6 nitrogen and oxygen atoms in total. The Morgan fingerprint density at radius 3 is 2.80 bits per heavy atom. The zero-order valence-corrected chi connectivity index (χ0v) is 10.6. The molecule has 1 aliphatic heterocycles. The molecule has 8 heteroatoms. The molecular formula is C12H15F2N3O3. The minimum atomic E-state index is -3.60. The number of amidine groups is 1. The van der Waals surface area contributed by atoms with Gasteiger partial charge in [0.05, 0.1) is 0 Å². The summed E-state index contributed by atoms with van der Waals surface area (Å²) in [5.41, 5.74) is 5.99. The van der Waals surface area contributed by atoms with Gasteiger partial charge < -0.3 is 25.7 Å². The largest absolute Gasteiger partial charge is 0.586 e. The third-order valence-corrected chi connectivity index (χ3v) is 2.72. The summed E-state index contributed by atoms with van der Waals surface area (Å²) in [5.74, 6) is 0.222. The van der Waals surface area contributed by atoms with Crippen molar-refractivity contribution in [3.05, 3.63) is 18.2 Å². The van der Waals surface area contributed by atoms with Crippen molar-refractivity contribution in [2.45, 2.75) is 25.6 Å². The Labute approximate surface area is 114 Å². The van der Waals surface area contributed by atoms with Crippen LogP contribution in [0.25, 0.3) is 0 Å². The molecule has 1 heterocycles. The lowest BCUT2D eigenvalue weighted by Gasteiger charge is -2.06. The first-order valence-electron chi connectivity index (χ1n) is 6.10. The highest BCUT2D eigenvalue weighted by Crippen LogP contribution is 2.42. The summed E-state index contributed by atoms with van der Waals surface area (Å²) < 4.78 is 34.3. The van der Waals surface area contributed by atoms with Gasteiger partial charge >= 0.3 is 6.29 Å². The topological polar surface area (TPSA) is 89.1 Å². The molecule has 0 saturated heterocycles. The Kier molecular flexibility index (Phi) is 4.11. The predicted octanol–water partition coefficient (Wildman–Crippen LogP) is 2.34. The van der Waals surface area contributed by atoms with Gasteiger partial charge in [-0.1, -0.05) is 5.16 Å². The molecule has 1 aromatic rings. The van der Waals surface area contributed by atoms with E-state index < -0.39 is 6.29 Å². The highest BCUT2D eigenvalue weighted by molar-refractivity contribution is 5.79. The second-order valence-electron chi connectivity index (χ2n) is 4.30. The molecule has 0 spiro atoms. The van der Waals surface area contributed by atoms with Gasteiger partial charge in [-0.3, -0.25) is 0 Å². The number of hydrogen-bond acceptors (Lipinski definition) is 5. The highest BCUT2D eigenvalue weighted by Gasteiger charge is 2.43. The van der Waals surface area contributed by atoms with Gasteiger partial charge in [-0.25, -0.2) is 0 Å². The Bertz CT molecular complexity index is 509. The van der Waals surface area contributed by atoms with E-state index in [9.17, 15) is 8.78 Å². The van der Waals surface area contributed by atoms with Gasteiger partial charge in [-0.05, 0) is 25.0 Å². The number of alkyl halides is 2. The van der Waals surface area contributed by atoms with Crippen molar-refractivity contribution < 1.29 is 23.5 Å². The second kappa shape index (κ2) is 5.81. The first-order chi connectivity index (χ1) is 9.50. The Morgan fingerprint density at radius 2 is 2.05 bits per heavy atom. The molecular weight excluding hydrogens is 272 g/mol. The second-order valence-corrected chi connectivity index (χ2v) is 4.30. The maximum Gasteiger partial charge on any atom is 0.586 e. The van der Waals surface area contributed by atoms with Crippen LogP contribution >= 0.6 is 0 Å². The van der Waals surface area contributed by atoms with Crippen LogP contribution in [-0.4, -0.2) is 23.9 Å². The number of anilines is 1. The minimum Gasteiger partial charge on any atom is -0.409 e. The molecule has 0 aliphatic carbocycles. The van der Waals surface area contributed by atoms with Crippen LogP contribution in [0.2, 0.25) is 0 Å². The quantitative estimate of drug-likeness (QED) is 0.246. The molecule has 110 valence electrons. The van der Waals surface area contributed by atoms with Crippen LogP contribution in [0.5, 0.6) is 11.5 Å². The molecule has 0 atom stereocenters. The maximum atomic E-state index is 12.8. The van der Waals surface area contributed by atoms with Gasteiger partial charge in [-0.15, -0.1) is 8.78 Å². The van der Waals surface area contributed by atoms with Crippen molar-refractivity contribution in [2.75, 3.05) is 11.9 Å². The standard InChI is InChI=1S/C12H15F2N3O3/c13-12(14)19-9-5-4-8(7-10(9)20-12)16-6-2-1-3-11(15)17-18/h4-5,7,16,18H,1-3,6H2,(H2,15,17). The van der Waals surface area contributed by atoms with E-state index in [2.05, 4.69) is 19.9 Å². The van der Waals surface area contributed by atoms with E-state index in [4.69, 9.17) is 10.9 Å². The first kappa shape index (κ1) is 14.2. The fraction of sp³-hybridized carbons (Fsp3) is 0.417. The molecule has 1 aliphatic rings. The van der Waals surface area contributed by atoms with Crippen LogP contribution in [0.4, 0.5) is 14.5 Å². The predicted molar refractivity (Wildman–Crippen MR) is 68.4 cm³/mol. The summed E-state index contributed by atoms with van der Waals surface area (Å²) in [6.45, 7) is 0.634. The van der Waals surface area contributed by atoms with E-state index in [1.807, 2.05) is 0 Å². The molecule has 0 fully saturated rings. The van der Waals surface area contributed by atoms with Crippen LogP contribution in [0.3, 0.4) is 0 Å². The number of hydrogen-bond donors (Lipinski definition) is 3. The lowest BCUT2D eigenvalue weighted by atomic mass is 10.2.